The molecular formula is C6H12O8S2-2. The van der Waals surface area contributed by atoms with E-state index >= 15 is 0 Å². The van der Waals surface area contributed by atoms with Crippen LogP contribution in [0.25, 0.3) is 0 Å². The molecule has 0 heterocycles. The topological polar surface area (TPSA) is 161 Å². The molecule has 0 saturated heterocycles. The van der Waals surface area contributed by atoms with Crippen LogP contribution in [0.4, 0.5) is 0 Å². The maximum atomic E-state index is 10.5. The first-order chi connectivity index (χ1) is 7.20. The van der Waals surface area contributed by atoms with Gasteiger partial charge in [-0.3, -0.25) is 8.42 Å². The van der Waals surface area contributed by atoms with Gasteiger partial charge in [-0.2, -0.15) is 0 Å². The van der Waals surface area contributed by atoms with Crippen molar-refractivity contribution in [1.82, 2.24) is 0 Å². The van der Waals surface area contributed by atoms with Gasteiger partial charge in [0, 0.05) is 0 Å². The molecule has 0 saturated carbocycles. The van der Waals surface area contributed by atoms with Gasteiger partial charge in [0.25, 0.3) is 0 Å². The summed E-state index contributed by atoms with van der Waals surface area (Å²) in [5.74, 6) is 0. The van der Waals surface area contributed by atoms with E-state index in [0.717, 1.165) is 6.92 Å². The Morgan fingerprint density at radius 2 is 1.25 bits per heavy atom. The molecule has 6 unspecified atom stereocenters. The van der Waals surface area contributed by atoms with Crippen molar-refractivity contribution in [3.05, 3.63) is 0 Å². The largest absolute Gasteiger partial charge is 0.771 e. The van der Waals surface area contributed by atoms with Gasteiger partial charge in [-0.25, -0.2) is 0 Å². The van der Waals surface area contributed by atoms with E-state index in [-0.39, 0.29) is 0 Å². The third-order valence-corrected chi connectivity index (χ3v) is 4.11. The summed E-state index contributed by atoms with van der Waals surface area (Å²) in [5, 5.41) is 36.4. The van der Waals surface area contributed by atoms with Gasteiger partial charge in [0.2, 0.25) is 0 Å². The zero-order valence-electron chi connectivity index (χ0n) is 8.13. The molecule has 6 atom stereocenters. The van der Waals surface area contributed by atoms with E-state index in [2.05, 4.69) is 0 Å². The lowest BCUT2D eigenvalue weighted by Crippen LogP contribution is -2.50. The van der Waals surface area contributed by atoms with Crippen LogP contribution in [-0.2, 0) is 22.2 Å². The molecule has 0 amide bonds. The van der Waals surface area contributed by atoms with Gasteiger partial charge in [-0.1, -0.05) is 0 Å². The molecule has 0 fully saturated rings. The first kappa shape index (κ1) is 16.1. The predicted octanol–water partition coefficient (Wildman–Crippen LogP) is -3.47. The quantitative estimate of drug-likeness (QED) is 0.364. The summed E-state index contributed by atoms with van der Waals surface area (Å²) in [6.45, 7) is 1.08. The van der Waals surface area contributed by atoms with Crippen LogP contribution in [0.15, 0.2) is 0 Å². The van der Waals surface area contributed by atoms with Crippen LogP contribution in [0.5, 0.6) is 0 Å². The zero-order valence-corrected chi connectivity index (χ0v) is 9.76. The second-order valence-electron chi connectivity index (χ2n) is 3.10. The Kier molecular flexibility index (Phi) is 6.74. The Morgan fingerprint density at radius 1 is 0.875 bits per heavy atom. The molecule has 4 N–H and O–H groups in total. The lowest BCUT2D eigenvalue weighted by atomic mass is 10.1. The van der Waals surface area contributed by atoms with Gasteiger partial charge in [0.1, 0.15) is 22.9 Å². The third-order valence-electron chi connectivity index (χ3n) is 1.85. The van der Waals surface area contributed by atoms with Crippen LogP contribution in [0, 0.1) is 0 Å². The number of hydrogen-bond donors (Lipinski definition) is 4. The molecule has 0 aromatic carbocycles. The molecule has 98 valence electrons. The van der Waals surface area contributed by atoms with Crippen molar-refractivity contribution in [2.75, 3.05) is 0 Å². The highest BCUT2D eigenvalue weighted by Crippen LogP contribution is 2.13. The minimum Gasteiger partial charge on any atom is -0.771 e. The van der Waals surface area contributed by atoms with Gasteiger partial charge >= 0.3 is 0 Å². The van der Waals surface area contributed by atoms with Crippen molar-refractivity contribution < 1.29 is 37.9 Å². The highest BCUT2D eigenvalue weighted by Gasteiger charge is 2.34. The maximum absolute atomic E-state index is 10.5. The number of aliphatic hydroxyl groups is 4. The van der Waals surface area contributed by atoms with Crippen molar-refractivity contribution in [3.8, 4) is 0 Å². The summed E-state index contributed by atoms with van der Waals surface area (Å²) in [5.41, 5.74) is 0. The monoisotopic (exact) mass is 276 g/mol. The van der Waals surface area contributed by atoms with Crippen LogP contribution >= 0.6 is 0 Å². The van der Waals surface area contributed by atoms with Gasteiger partial charge in [0.05, 0.1) is 6.10 Å². The highest BCUT2D eigenvalue weighted by atomic mass is 32.3. The summed E-state index contributed by atoms with van der Waals surface area (Å²) >= 11 is -6.36. The Balaban J connectivity index is 4.80. The standard InChI is InChI=1S/C6H14O8S2/c1-2(7)3(8)4(9)5(10)6(15(11)12)16(13)14/h2-10H,1H3,(H,11,12)(H,13,14)/p-2. The van der Waals surface area contributed by atoms with E-state index in [1.807, 2.05) is 0 Å². The second kappa shape index (κ2) is 6.71. The fraction of sp³-hybridized carbons (Fsp3) is 1.00. The lowest BCUT2D eigenvalue weighted by Gasteiger charge is -2.32. The van der Waals surface area contributed by atoms with E-state index < -0.39 is 51.2 Å². The molecule has 0 aliphatic heterocycles. The summed E-state index contributed by atoms with van der Waals surface area (Å²) in [7, 11) is 0. The van der Waals surface area contributed by atoms with E-state index in [1.165, 1.54) is 0 Å². The minimum absolute atomic E-state index is 1.08. The Labute approximate surface area is 96.5 Å². The molecule has 0 bridgehead atoms. The van der Waals surface area contributed by atoms with Crippen LogP contribution < -0.4 is 0 Å². The van der Waals surface area contributed by atoms with Crippen molar-refractivity contribution in [2.45, 2.75) is 35.9 Å². The van der Waals surface area contributed by atoms with E-state index in [9.17, 15) is 27.7 Å². The van der Waals surface area contributed by atoms with E-state index in [4.69, 9.17) is 10.2 Å². The van der Waals surface area contributed by atoms with Crippen molar-refractivity contribution >= 4 is 22.2 Å². The van der Waals surface area contributed by atoms with Crippen LogP contribution in [0.1, 0.15) is 6.92 Å². The molecule has 10 heteroatoms. The van der Waals surface area contributed by atoms with Crippen molar-refractivity contribution in [2.24, 2.45) is 0 Å². The smallest absolute Gasteiger partial charge is 0.112 e. The number of hydrogen-bond acceptors (Lipinski definition) is 8. The fourth-order valence-electron chi connectivity index (χ4n) is 0.940. The molecule has 0 aliphatic rings. The van der Waals surface area contributed by atoms with Crippen LogP contribution in [0.3, 0.4) is 0 Å². The highest BCUT2D eigenvalue weighted by molar-refractivity contribution is 7.97. The Morgan fingerprint density at radius 3 is 1.50 bits per heavy atom. The Bertz CT molecular complexity index is 255. The first-order valence-electron chi connectivity index (χ1n) is 4.08. The predicted molar refractivity (Wildman–Crippen MR) is 51.3 cm³/mol. The summed E-state index contributed by atoms with van der Waals surface area (Å²) in [6.07, 6.45) is -7.66. The molecule has 0 rings (SSSR count). The first-order valence-corrected chi connectivity index (χ1v) is 6.36. The average Bonchev–Trinajstić information content (AvgIpc) is 2.13. The minimum atomic E-state index is -3.18. The molecule has 8 nitrogen and oxygen atoms in total. The second-order valence-corrected chi connectivity index (χ2v) is 5.46. The lowest BCUT2D eigenvalue weighted by molar-refractivity contribution is -0.0961. The maximum Gasteiger partial charge on any atom is 0.112 e. The molecule has 0 aromatic heterocycles. The molecular weight excluding hydrogens is 264 g/mol. The van der Waals surface area contributed by atoms with Crippen LogP contribution in [0.2, 0.25) is 0 Å². The fourth-order valence-corrected chi connectivity index (χ4v) is 2.23. The summed E-state index contributed by atoms with van der Waals surface area (Å²) < 4.78 is 39.6. The Hall–Kier alpha value is 0.0600. The van der Waals surface area contributed by atoms with Crippen molar-refractivity contribution in [1.29, 1.82) is 0 Å². The van der Waals surface area contributed by atoms with E-state index in [1.54, 1.807) is 0 Å². The van der Waals surface area contributed by atoms with E-state index in [0.29, 0.717) is 0 Å². The zero-order chi connectivity index (χ0) is 13.0. The van der Waals surface area contributed by atoms with Gasteiger partial charge < -0.3 is 29.5 Å². The molecule has 0 radical (unpaired) electrons. The number of rotatable bonds is 6. The molecule has 16 heavy (non-hydrogen) atoms. The molecule has 0 aliphatic carbocycles. The normalized spacial score (nSPS) is 25.2. The molecule has 0 aromatic rings. The average molecular weight is 276 g/mol. The van der Waals surface area contributed by atoms with Gasteiger partial charge in [0.15, 0.2) is 0 Å². The third kappa shape index (κ3) is 4.14. The van der Waals surface area contributed by atoms with Gasteiger partial charge in [-0.15, -0.1) is 0 Å². The van der Waals surface area contributed by atoms with Gasteiger partial charge in [-0.05, 0) is 29.1 Å². The van der Waals surface area contributed by atoms with Crippen molar-refractivity contribution in [3.63, 3.8) is 0 Å². The summed E-state index contributed by atoms with van der Waals surface area (Å²) in [6, 6.07) is 0. The summed E-state index contributed by atoms with van der Waals surface area (Å²) in [4.78, 5) is 0. The number of aliphatic hydroxyl groups excluding tert-OH is 4. The van der Waals surface area contributed by atoms with Crippen LogP contribution in [-0.4, -0.2) is 66.9 Å². The molecule has 0 spiro atoms. The SMILES string of the molecule is CC(O)C(O)C(O)C(O)C(S(=O)[O-])S(=O)[O-].